The van der Waals surface area contributed by atoms with Gasteiger partial charge in [-0.1, -0.05) is 18.9 Å². The van der Waals surface area contributed by atoms with E-state index < -0.39 is 0 Å². The predicted octanol–water partition coefficient (Wildman–Crippen LogP) is 0.847. The molecule has 1 aromatic rings. The summed E-state index contributed by atoms with van der Waals surface area (Å²) in [6.07, 6.45) is 4.81. The zero-order valence-corrected chi connectivity index (χ0v) is 14.9. The van der Waals surface area contributed by atoms with E-state index in [1.165, 1.54) is 23.4 Å². The number of benzene rings is 1. The van der Waals surface area contributed by atoms with Crippen LogP contribution in [0.4, 0.5) is 5.69 Å². The fourth-order valence-electron chi connectivity index (χ4n) is 3.87. The summed E-state index contributed by atoms with van der Waals surface area (Å²) in [7, 11) is 1.70. The van der Waals surface area contributed by atoms with E-state index in [1.54, 1.807) is 7.11 Å². The first-order chi connectivity index (χ1) is 11.7. The number of piperazine rings is 1. The highest BCUT2D eigenvalue weighted by molar-refractivity contribution is 5.80. The van der Waals surface area contributed by atoms with E-state index >= 15 is 0 Å². The van der Waals surface area contributed by atoms with Crippen molar-refractivity contribution in [2.24, 2.45) is 0 Å². The fourth-order valence-corrected chi connectivity index (χ4v) is 3.87. The number of hydrogen-bond acceptors (Lipinski definition) is 3. The van der Waals surface area contributed by atoms with E-state index in [1.807, 2.05) is 12.1 Å². The summed E-state index contributed by atoms with van der Waals surface area (Å²) < 4.78 is 5.31. The molecule has 0 bridgehead atoms. The van der Waals surface area contributed by atoms with E-state index in [0.717, 1.165) is 44.8 Å². The first kappa shape index (κ1) is 17.1. The van der Waals surface area contributed by atoms with E-state index in [0.29, 0.717) is 6.04 Å². The Morgan fingerprint density at radius 1 is 1.29 bits per heavy atom. The molecule has 2 fully saturated rings. The standard InChI is InChI=1S/C19H29N3O2/c1-15(19(23)20-16-6-3-4-7-16)21-10-12-22(13-11-21)17-8-5-9-18(14-17)24-2/h5,8-9,14-16H,3-4,6-7,10-13H2,1-2H3,(H,20,23)/p+1/t15-/m0/s1. The molecule has 1 aliphatic carbocycles. The minimum atomic E-state index is 0.0399. The van der Waals surface area contributed by atoms with Gasteiger partial charge in [0.15, 0.2) is 6.04 Å². The van der Waals surface area contributed by atoms with Crippen LogP contribution in [0.1, 0.15) is 32.6 Å². The third-order valence-corrected chi connectivity index (χ3v) is 5.53. The number of carbonyl (C=O) groups is 1. The molecule has 1 atom stereocenters. The van der Waals surface area contributed by atoms with E-state index in [-0.39, 0.29) is 11.9 Å². The van der Waals surface area contributed by atoms with Crippen LogP contribution in [0.15, 0.2) is 24.3 Å². The van der Waals surface area contributed by atoms with Crippen LogP contribution < -0.4 is 19.9 Å². The number of nitrogens with one attached hydrogen (secondary N) is 2. The monoisotopic (exact) mass is 332 g/mol. The molecule has 24 heavy (non-hydrogen) atoms. The Morgan fingerprint density at radius 2 is 2.00 bits per heavy atom. The molecule has 2 N–H and O–H groups in total. The highest BCUT2D eigenvalue weighted by atomic mass is 16.5. The van der Waals surface area contributed by atoms with Crippen LogP contribution in [0.25, 0.3) is 0 Å². The predicted molar refractivity (Wildman–Crippen MR) is 95.8 cm³/mol. The zero-order valence-electron chi connectivity index (χ0n) is 14.9. The quantitative estimate of drug-likeness (QED) is 0.840. The van der Waals surface area contributed by atoms with Crippen molar-refractivity contribution in [3.8, 4) is 5.75 Å². The van der Waals surface area contributed by atoms with Gasteiger partial charge in [0.2, 0.25) is 0 Å². The molecule has 0 spiro atoms. The number of rotatable bonds is 5. The topological polar surface area (TPSA) is 46.0 Å². The minimum Gasteiger partial charge on any atom is -0.497 e. The van der Waals surface area contributed by atoms with Gasteiger partial charge in [-0.2, -0.15) is 0 Å². The number of methoxy groups -OCH3 is 1. The van der Waals surface area contributed by atoms with Crippen LogP contribution in [0.3, 0.4) is 0 Å². The summed E-state index contributed by atoms with van der Waals surface area (Å²) in [5.41, 5.74) is 1.21. The van der Waals surface area contributed by atoms with Crippen molar-refractivity contribution < 1.29 is 14.4 Å². The molecule has 0 radical (unpaired) electrons. The second-order valence-electron chi connectivity index (χ2n) is 7.06. The number of anilines is 1. The number of hydrogen-bond donors (Lipinski definition) is 2. The van der Waals surface area contributed by atoms with Crippen LogP contribution in [-0.2, 0) is 4.79 Å². The molecule has 1 aromatic carbocycles. The lowest BCUT2D eigenvalue weighted by Gasteiger charge is -2.36. The van der Waals surface area contributed by atoms with Gasteiger partial charge in [-0.3, -0.25) is 4.79 Å². The van der Waals surface area contributed by atoms with Gasteiger partial charge in [0.05, 0.1) is 33.3 Å². The zero-order chi connectivity index (χ0) is 16.9. The van der Waals surface area contributed by atoms with Gasteiger partial charge in [-0.25, -0.2) is 0 Å². The molecule has 1 saturated carbocycles. The number of amides is 1. The lowest BCUT2D eigenvalue weighted by atomic mass is 10.1. The summed E-state index contributed by atoms with van der Waals surface area (Å²) in [5, 5.41) is 3.24. The van der Waals surface area contributed by atoms with Crippen molar-refractivity contribution in [1.82, 2.24) is 5.32 Å². The van der Waals surface area contributed by atoms with Gasteiger partial charge in [0.1, 0.15) is 5.75 Å². The molecule has 5 nitrogen and oxygen atoms in total. The summed E-state index contributed by atoms with van der Waals surface area (Å²) in [6.45, 7) is 6.01. The molecule has 1 heterocycles. The third kappa shape index (κ3) is 4.01. The second-order valence-corrected chi connectivity index (χ2v) is 7.06. The summed E-state index contributed by atoms with van der Waals surface area (Å²) in [5.74, 6) is 1.12. The lowest BCUT2D eigenvalue weighted by molar-refractivity contribution is -0.914. The van der Waals surface area contributed by atoms with Gasteiger partial charge < -0.3 is 19.9 Å². The Labute approximate surface area is 145 Å². The molecule has 3 rings (SSSR count). The third-order valence-electron chi connectivity index (χ3n) is 5.53. The van der Waals surface area contributed by atoms with Gasteiger partial charge in [0, 0.05) is 17.8 Å². The average molecular weight is 332 g/mol. The first-order valence-electron chi connectivity index (χ1n) is 9.21. The lowest BCUT2D eigenvalue weighted by Crippen LogP contribution is -3.19. The molecular formula is C19H30N3O2+. The van der Waals surface area contributed by atoms with Crippen LogP contribution >= 0.6 is 0 Å². The Kier molecular flexibility index (Phi) is 5.61. The van der Waals surface area contributed by atoms with Crippen molar-refractivity contribution in [3.63, 3.8) is 0 Å². The Bertz CT molecular complexity index is 549. The van der Waals surface area contributed by atoms with E-state index in [4.69, 9.17) is 4.74 Å². The molecule has 1 amide bonds. The maximum Gasteiger partial charge on any atom is 0.278 e. The Hall–Kier alpha value is -1.75. The normalized spacial score (nSPS) is 20.8. The second kappa shape index (κ2) is 7.88. The van der Waals surface area contributed by atoms with Crippen LogP contribution in [-0.4, -0.2) is 51.3 Å². The molecule has 1 aliphatic heterocycles. The largest absolute Gasteiger partial charge is 0.497 e. The fraction of sp³-hybridized carbons (Fsp3) is 0.632. The smallest absolute Gasteiger partial charge is 0.278 e. The number of nitrogens with zero attached hydrogens (tertiary/aromatic N) is 1. The van der Waals surface area contributed by atoms with Crippen molar-refractivity contribution in [2.75, 3.05) is 38.2 Å². The summed E-state index contributed by atoms with van der Waals surface area (Å²) in [4.78, 5) is 16.2. The molecule has 2 aliphatic rings. The maximum absolute atomic E-state index is 12.5. The molecule has 5 heteroatoms. The Morgan fingerprint density at radius 3 is 2.67 bits per heavy atom. The van der Waals surface area contributed by atoms with Crippen LogP contribution in [0, 0.1) is 0 Å². The first-order valence-corrected chi connectivity index (χ1v) is 9.21. The minimum absolute atomic E-state index is 0.0399. The molecule has 0 aromatic heterocycles. The van der Waals surface area contributed by atoms with Crippen molar-refractivity contribution in [3.05, 3.63) is 24.3 Å². The number of quaternary nitrogens is 1. The van der Waals surface area contributed by atoms with Crippen molar-refractivity contribution in [2.45, 2.75) is 44.7 Å². The van der Waals surface area contributed by atoms with E-state index in [2.05, 4.69) is 29.3 Å². The van der Waals surface area contributed by atoms with Crippen molar-refractivity contribution >= 4 is 11.6 Å². The highest BCUT2D eigenvalue weighted by Gasteiger charge is 2.30. The van der Waals surface area contributed by atoms with Gasteiger partial charge in [0.25, 0.3) is 5.91 Å². The SMILES string of the molecule is COc1cccc(N2CC[NH+]([C@@H](C)C(=O)NC3CCCC3)CC2)c1. The van der Waals surface area contributed by atoms with Crippen LogP contribution in [0.5, 0.6) is 5.75 Å². The van der Waals surface area contributed by atoms with Crippen LogP contribution in [0.2, 0.25) is 0 Å². The molecule has 1 saturated heterocycles. The van der Waals surface area contributed by atoms with Gasteiger partial charge in [-0.15, -0.1) is 0 Å². The molecule has 132 valence electrons. The van der Waals surface area contributed by atoms with Crippen molar-refractivity contribution in [1.29, 1.82) is 0 Å². The van der Waals surface area contributed by atoms with Gasteiger partial charge in [-0.05, 0) is 31.9 Å². The molecule has 0 unspecified atom stereocenters. The number of carbonyl (C=O) groups excluding carboxylic acids is 1. The Balaban J connectivity index is 1.51. The summed E-state index contributed by atoms with van der Waals surface area (Å²) >= 11 is 0. The summed E-state index contributed by atoms with van der Waals surface area (Å²) in [6, 6.07) is 8.67. The average Bonchev–Trinajstić information content (AvgIpc) is 3.14. The van der Waals surface area contributed by atoms with E-state index in [9.17, 15) is 4.79 Å². The number of ether oxygens (including phenoxy) is 1. The highest BCUT2D eigenvalue weighted by Crippen LogP contribution is 2.21. The van der Waals surface area contributed by atoms with Gasteiger partial charge >= 0.3 is 0 Å². The maximum atomic E-state index is 12.5. The molecular weight excluding hydrogens is 302 g/mol.